The monoisotopic (exact) mass is 469 g/mol. The van der Waals surface area contributed by atoms with E-state index < -0.39 is 0 Å². The minimum atomic E-state index is -0.296. The Morgan fingerprint density at radius 1 is 0.943 bits per heavy atom. The number of likely N-dealkylation sites (N-methyl/N-ethyl adjacent to an activating group) is 1. The van der Waals surface area contributed by atoms with Crippen LogP contribution in [0.1, 0.15) is 22.8 Å². The number of rotatable bonds is 10. The Bertz CT molecular complexity index is 1250. The van der Waals surface area contributed by atoms with E-state index in [1.165, 1.54) is 24.0 Å². The summed E-state index contributed by atoms with van der Waals surface area (Å²) in [6.07, 6.45) is 1.45. The molecule has 0 aliphatic rings. The van der Waals surface area contributed by atoms with Crippen molar-refractivity contribution >= 4 is 17.4 Å². The highest BCUT2D eigenvalue weighted by molar-refractivity contribution is 5.95. The zero-order valence-corrected chi connectivity index (χ0v) is 19.6. The van der Waals surface area contributed by atoms with E-state index in [-0.39, 0.29) is 11.7 Å². The number of anilines is 2. The normalized spacial score (nSPS) is 10.8. The first-order valence-corrected chi connectivity index (χ1v) is 11.6. The van der Waals surface area contributed by atoms with Gasteiger partial charge < -0.3 is 10.6 Å². The Morgan fingerprint density at radius 3 is 2.51 bits per heavy atom. The van der Waals surface area contributed by atoms with Gasteiger partial charge in [-0.3, -0.25) is 9.69 Å². The molecule has 4 aromatic rings. The lowest BCUT2D eigenvalue weighted by molar-refractivity contribution is 0.0948. The summed E-state index contributed by atoms with van der Waals surface area (Å²) in [6.45, 7) is 5.20. The summed E-state index contributed by atoms with van der Waals surface area (Å²) < 4.78 is 13.2. The van der Waals surface area contributed by atoms with Gasteiger partial charge in [0.1, 0.15) is 18.0 Å². The largest absolute Gasteiger partial charge is 0.351 e. The molecule has 6 nitrogen and oxygen atoms in total. The fraction of sp³-hybridized carbons (Fsp3) is 0.179. The van der Waals surface area contributed by atoms with E-state index in [1.807, 2.05) is 30.3 Å². The number of hydrogen-bond acceptors (Lipinski definition) is 5. The van der Waals surface area contributed by atoms with Gasteiger partial charge in [0.15, 0.2) is 0 Å². The molecule has 0 spiro atoms. The van der Waals surface area contributed by atoms with Gasteiger partial charge in [0.2, 0.25) is 0 Å². The average molecular weight is 470 g/mol. The van der Waals surface area contributed by atoms with Crippen molar-refractivity contribution in [2.75, 3.05) is 25.0 Å². The lowest BCUT2D eigenvalue weighted by Crippen LogP contribution is -2.34. The highest BCUT2D eigenvalue weighted by Crippen LogP contribution is 2.22. The lowest BCUT2D eigenvalue weighted by atomic mass is 10.1. The molecule has 0 unspecified atom stereocenters. The van der Waals surface area contributed by atoms with Crippen LogP contribution in [-0.4, -0.2) is 40.4 Å². The van der Waals surface area contributed by atoms with Crippen LogP contribution in [0.25, 0.3) is 11.3 Å². The molecule has 0 aliphatic heterocycles. The standard InChI is InChI=1S/C28H28FN5O/c1-2-34(19-21-7-4-3-5-8-21)16-15-30-28(35)23-9-6-10-25(17-23)33-27-18-26(31-20-32-27)22-11-13-24(29)14-12-22/h3-14,17-18,20H,2,15-16,19H2,1H3,(H,30,35)(H,31,32,33). The van der Waals surface area contributed by atoms with Crippen LogP contribution in [0.3, 0.4) is 0 Å². The third kappa shape index (κ3) is 6.94. The maximum absolute atomic E-state index is 13.2. The van der Waals surface area contributed by atoms with Gasteiger partial charge in [-0.05, 0) is 54.6 Å². The molecule has 4 rings (SSSR count). The molecule has 0 radical (unpaired) electrons. The van der Waals surface area contributed by atoms with Crippen LogP contribution in [0, 0.1) is 5.82 Å². The van der Waals surface area contributed by atoms with E-state index in [0.717, 1.165) is 30.9 Å². The number of benzene rings is 3. The van der Waals surface area contributed by atoms with Gasteiger partial charge in [-0.25, -0.2) is 14.4 Å². The summed E-state index contributed by atoms with van der Waals surface area (Å²) in [7, 11) is 0. The van der Waals surface area contributed by atoms with Gasteiger partial charge >= 0.3 is 0 Å². The van der Waals surface area contributed by atoms with E-state index >= 15 is 0 Å². The van der Waals surface area contributed by atoms with Crippen LogP contribution >= 0.6 is 0 Å². The molecule has 0 fully saturated rings. The summed E-state index contributed by atoms with van der Waals surface area (Å²) >= 11 is 0. The zero-order valence-electron chi connectivity index (χ0n) is 19.6. The minimum Gasteiger partial charge on any atom is -0.351 e. The third-order valence-corrected chi connectivity index (χ3v) is 5.61. The molecule has 2 N–H and O–H groups in total. The zero-order chi connectivity index (χ0) is 24.5. The number of carbonyl (C=O) groups is 1. The van der Waals surface area contributed by atoms with Crippen LogP contribution in [0.5, 0.6) is 0 Å². The van der Waals surface area contributed by atoms with Crippen molar-refractivity contribution in [3.8, 4) is 11.3 Å². The number of nitrogens with zero attached hydrogens (tertiary/aromatic N) is 3. The van der Waals surface area contributed by atoms with E-state index in [1.54, 1.807) is 30.3 Å². The molecule has 0 atom stereocenters. The van der Waals surface area contributed by atoms with Crippen LogP contribution in [-0.2, 0) is 6.54 Å². The molecule has 7 heteroatoms. The SMILES string of the molecule is CCN(CCNC(=O)c1cccc(Nc2cc(-c3ccc(F)cc3)ncn2)c1)Cc1ccccc1. The van der Waals surface area contributed by atoms with E-state index in [0.29, 0.717) is 23.6 Å². The van der Waals surface area contributed by atoms with Crippen LogP contribution < -0.4 is 10.6 Å². The molecule has 0 bridgehead atoms. The maximum Gasteiger partial charge on any atom is 0.251 e. The molecular formula is C28H28FN5O. The first-order chi connectivity index (χ1) is 17.1. The van der Waals surface area contributed by atoms with Gasteiger partial charge in [-0.1, -0.05) is 43.3 Å². The van der Waals surface area contributed by atoms with Gasteiger partial charge in [0.05, 0.1) is 5.69 Å². The van der Waals surface area contributed by atoms with Gasteiger partial charge in [0.25, 0.3) is 5.91 Å². The Balaban J connectivity index is 1.34. The average Bonchev–Trinajstić information content (AvgIpc) is 2.89. The number of halogens is 1. The molecule has 0 saturated heterocycles. The molecule has 178 valence electrons. The van der Waals surface area contributed by atoms with Gasteiger partial charge in [-0.2, -0.15) is 0 Å². The number of aromatic nitrogens is 2. The van der Waals surface area contributed by atoms with Crippen LogP contribution in [0.15, 0.2) is 91.3 Å². The topological polar surface area (TPSA) is 70.2 Å². The van der Waals surface area contributed by atoms with Crippen molar-refractivity contribution in [2.24, 2.45) is 0 Å². The van der Waals surface area contributed by atoms with Crippen LogP contribution in [0.2, 0.25) is 0 Å². The number of carbonyl (C=O) groups excluding carboxylic acids is 1. The fourth-order valence-electron chi connectivity index (χ4n) is 3.71. The predicted octanol–water partition coefficient (Wildman–Crippen LogP) is 5.28. The summed E-state index contributed by atoms with van der Waals surface area (Å²) in [5, 5.41) is 6.23. The van der Waals surface area contributed by atoms with Crippen molar-refractivity contribution in [1.29, 1.82) is 0 Å². The van der Waals surface area contributed by atoms with Gasteiger partial charge in [-0.15, -0.1) is 0 Å². The van der Waals surface area contributed by atoms with Crippen molar-refractivity contribution in [3.63, 3.8) is 0 Å². The maximum atomic E-state index is 13.2. The molecule has 35 heavy (non-hydrogen) atoms. The van der Waals surface area contributed by atoms with Gasteiger partial charge in [0, 0.05) is 42.5 Å². The number of hydrogen-bond donors (Lipinski definition) is 2. The first kappa shape index (κ1) is 24.0. The van der Waals surface area contributed by atoms with Crippen molar-refractivity contribution in [2.45, 2.75) is 13.5 Å². The number of nitrogens with one attached hydrogen (secondary N) is 2. The van der Waals surface area contributed by atoms with E-state index in [9.17, 15) is 9.18 Å². The Hall–Kier alpha value is -4.10. The summed E-state index contributed by atoms with van der Waals surface area (Å²) in [6, 6.07) is 25.5. The molecule has 3 aromatic carbocycles. The molecule has 0 saturated carbocycles. The predicted molar refractivity (Wildman–Crippen MR) is 137 cm³/mol. The second kappa shape index (κ2) is 11.9. The van der Waals surface area contributed by atoms with E-state index in [4.69, 9.17) is 0 Å². The van der Waals surface area contributed by atoms with Crippen LogP contribution in [0.4, 0.5) is 15.9 Å². The Kier molecular flexibility index (Phi) is 8.14. The summed E-state index contributed by atoms with van der Waals surface area (Å²) in [4.78, 5) is 23.6. The van der Waals surface area contributed by atoms with Crippen molar-refractivity contribution < 1.29 is 9.18 Å². The molecule has 1 heterocycles. The lowest BCUT2D eigenvalue weighted by Gasteiger charge is -2.20. The smallest absolute Gasteiger partial charge is 0.251 e. The summed E-state index contributed by atoms with van der Waals surface area (Å²) in [5.74, 6) is 0.158. The second-order valence-corrected chi connectivity index (χ2v) is 8.11. The van der Waals surface area contributed by atoms with E-state index in [2.05, 4.69) is 44.6 Å². The molecular weight excluding hydrogens is 441 g/mol. The first-order valence-electron chi connectivity index (χ1n) is 11.6. The Labute approximate surface area is 204 Å². The molecule has 0 aliphatic carbocycles. The quantitative estimate of drug-likeness (QED) is 0.331. The highest BCUT2D eigenvalue weighted by atomic mass is 19.1. The summed E-state index contributed by atoms with van der Waals surface area (Å²) in [5.41, 5.74) is 4.02. The highest BCUT2D eigenvalue weighted by Gasteiger charge is 2.09. The molecule has 1 aromatic heterocycles. The fourth-order valence-corrected chi connectivity index (χ4v) is 3.71. The number of amides is 1. The van der Waals surface area contributed by atoms with Crippen molar-refractivity contribution in [3.05, 3.63) is 108 Å². The second-order valence-electron chi connectivity index (χ2n) is 8.11. The molecule has 1 amide bonds. The Morgan fingerprint density at radius 2 is 1.74 bits per heavy atom. The van der Waals surface area contributed by atoms with Crippen molar-refractivity contribution in [1.82, 2.24) is 20.2 Å². The minimum absolute atomic E-state index is 0.126. The third-order valence-electron chi connectivity index (χ3n) is 5.61.